The summed E-state index contributed by atoms with van der Waals surface area (Å²) >= 11 is 0. The molecule has 1 saturated carbocycles. The third-order valence-corrected chi connectivity index (χ3v) is 2.97. The van der Waals surface area contributed by atoms with Crippen LogP contribution >= 0.6 is 0 Å². The summed E-state index contributed by atoms with van der Waals surface area (Å²) in [6.07, 6.45) is 7.08. The van der Waals surface area contributed by atoms with Crippen molar-refractivity contribution in [1.82, 2.24) is 14.8 Å². The van der Waals surface area contributed by atoms with E-state index in [0.717, 1.165) is 19.3 Å². The molecule has 0 amide bonds. The highest BCUT2D eigenvalue weighted by atomic mass is 16.1. The molecule has 0 bridgehead atoms. The van der Waals surface area contributed by atoms with Gasteiger partial charge in [0.15, 0.2) is 0 Å². The molecule has 1 aliphatic rings. The first-order chi connectivity index (χ1) is 6.79. The van der Waals surface area contributed by atoms with E-state index in [1.807, 2.05) is 0 Å². The van der Waals surface area contributed by atoms with Crippen LogP contribution in [0.5, 0.6) is 0 Å². The van der Waals surface area contributed by atoms with Crippen molar-refractivity contribution in [3.8, 4) is 0 Å². The Hall–Kier alpha value is -1.10. The Bertz CT molecular complexity index is 343. The summed E-state index contributed by atoms with van der Waals surface area (Å²) in [5, 5.41) is 6.14. The van der Waals surface area contributed by atoms with Crippen LogP contribution in [0.3, 0.4) is 0 Å². The fourth-order valence-electron chi connectivity index (χ4n) is 2.15. The maximum Gasteiger partial charge on any atom is 0.343 e. The van der Waals surface area contributed by atoms with Crippen molar-refractivity contribution in [2.24, 2.45) is 5.73 Å². The summed E-state index contributed by atoms with van der Waals surface area (Å²) in [7, 11) is 0. The predicted octanol–water partition coefficient (Wildman–Crippen LogP) is 0.404. The van der Waals surface area contributed by atoms with E-state index in [0.29, 0.717) is 0 Å². The van der Waals surface area contributed by atoms with Crippen LogP contribution in [0.1, 0.15) is 38.1 Å². The monoisotopic (exact) mass is 196 g/mol. The first kappa shape index (κ1) is 9.45. The second kappa shape index (κ2) is 3.96. The maximum absolute atomic E-state index is 11.4. The molecule has 5 heteroatoms. The molecule has 1 heterocycles. The summed E-state index contributed by atoms with van der Waals surface area (Å²) in [5.74, 6) is 0. The quantitative estimate of drug-likeness (QED) is 0.638. The van der Waals surface area contributed by atoms with Crippen LogP contribution < -0.4 is 11.4 Å². The molecular formula is C9H16N4O. The Morgan fingerprint density at radius 2 is 2.21 bits per heavy atom. The number of nitrogens with zero attached hydrogens (tertiary/aromatic N) is 2. The minimum absolute atomic E-state index is 0.0906. The Balaban J connectivity index is 2.23. The number of rotatable bonds is 1. The molecule has 2 unspecified atom stereocenters. The average Bonchev–Trinajstić information content (AvgIpc) is 2.46. The zero-order chi connectivity index (χ0) is 9.97. The van der Waals surface area contributed by atoms with Crippen molar-refractivity contribution in [1.29, 1.82) is 0 Å². The Morgan fingerprint density at radius 1 is 1.43 bits per heavy atom. The van der Waals surface area contributed by atoms with Crippen LogP contribution in [0, 0.1) is 0 Å². The van der Waals surface area contributed by atoms with Gasteiger partial charge in [-0.1, -0.05) is 19.3 Å². The van der Waals surface area contributed by atoms with E-state index in [1.54, 1.807) is 10.9 Å². The van der Waals surface area contributed by atoms with Gasteiger partial charge in [-0.05, 0) is 12.8 Å². The predicted molar refractivity (Wildman–Crippen MR) is 52.9 cm³/mol. The second-order valence-electron chi connectivity index (χ2n) is 3.94. The number of nitrogens with one attached hydrogen (secondary N) is 1. The summed E-state index contributed by atoms with van der Waals surface area (Å²) < 4.78 is 1.63. The summed E-state index contributed by atoms with van der Waals surface area (Å²) in [5.41, 5.74) is 5.89. The number of hydrogen-bond acceptors (Lipinski definition) is 3. The standard InChI is InChI=1S/C9H16N4O/c10-7-4-2-1-3-5-8(7)13-6-11-12-9(13)14/h6-8H,1-5,10H2,(H,12,14). The number of aromatic amines is 1. The van der Waals surface area contributed by atoms with Crippen LogP contribution in [0.15, 0.2) is 11.1 Å². The molecule has 1 fully saturated rings. The molecule has 2 rings (SSSR count). The largest absolute Gasteiger partial charge is 0.343 e. The van der Waals surface area contributed by atoms with Gasteiger partial charge in [-0.15, -0.1) is 0 Å². The lowest BCUT2D eigenvalue weighted by Crippen LogP contribution is -2.35. The van der Waals surface area contributed by atoms with E-state index >= 15 is 0 Å². The smallest absolute Gasteiger partial charge is 0.326 e. The van der Waals surface area contributed by atoms with Crippen LogP contribution in [0.25, 0.3) is 0 Å². The molecule has 2 atom stereocenters. The molecule has 1 aromatic heterocycles. The fraction of sp³-hybridized carbons (Fsp3) is 0.778. The van der Waals surface area contributed by atoms with Gasteiger partial charge in [-0.3, -0.25) is 4.57 Å². The summed E-state index contributed by atoms with van der Waals surface area (Å²) in [6, 6.07) is 0.219. The minimum atomic E-state index is -0.146. The first-order valence-corrected chi connectivity index (χ1v) is 5.16. The Labute approximate surface area is 82.3 Å². The zero-order valence-corrected chi connectivity index (χ0v) is 8.15. The molecule has 1 aliphatic carbocycles. The second-order valence-corrected chi connectivity index (χ2v) is 3.94. The van der Waals surface area contributed by atoms with Crippen molar-refractivity contribution >= 4 is 0 Å². The van der Waals surface area contributed by atoms with Crippen molar-refractivity contribution in [2.75, 3.05) is 0 Å². The molecule has 0 saturated heterocycles. The molecule has 0 aliphatic heterocycles. The summed E-state index contributed by atoms with van der Waals surface area (Å²) in [6.45, 7) is 0. The first-order valence-electron chi connectivity index (χ1n) is 5.16. The van der Waals surface area contributed by atoms with E-state index < -0.39 is 0 Å². The lowest BCUT2D eigenvalue weighted by atomic mass is 10.0. The van der Waals surface area contributed by atoms with Crippen LogP contribution in [0.4, 0.5) is 0 Å². The van der Waals surface area contributed by atoms with E-state index in [9.17, 15) is 4.79 Å². The highest BCUT2D eigenvalue weighted by Gasteiger charge is 2.23. The van der Waals surface area contributed by atoms with Gasteiger partial charge in [0.1, 0.15) is 6.33 Å². The highest BCUT2D eigenvalue weighted by molar-refractivity contribution is 4.84. The molecule has 0 radical (unpaired) electrons. The third-order valence-electron chi connectivity index (χ3n) is 2.97. The van der Waals surface area contributed by atoms with Gasteiger partial charge in [0.05, 0.1) is 6.04 Å². The molecule has 78 valence electrons. The van der Waals surface area contributed by atoms with Crippen molar-refractivity contribution in [3.63, 3.8) is 0 Å². The molecule has 3 N–H and O–H groups in total. The normalized spacial score (nSPS) is 28.6. The van der Waals surface area contributed by atoms with Crippen LogP contribution in [-0.2, 0) is 0 Å². The SMILES string of the molecule is NC1CCCCCC1n1cn[nH]c1=O. The van der Waals surface area contributed by atoms with Crippen molar-refractivity contribution < 1.29 is 0 Å². The van der Waals surface area contributed by atoms with Gasteiger partial charge in [0, 0.05) is 6.04 Å². The molecule has 5 nitrogen and oxygen atoms in total. The lowest BCUT2D eigenvalue weighted by Gasteiger charge is -2.20. The van der Waals surface area contributed by atoms with Crippen molar-refractivity contribution in [3.05, 3.63) is 16.8 Å². The molecular weight excluding hydrogens is 180 g/mol. The number of aromatic nitrogens is 3. The van der Waals surface area contributed by atoms with Gasteiger partial charge >= 0.3 is 5.69 Å². The van der Waals surface area contributed by atoms with Gasteiger partial charge in [-0.2, -0.15) is 5.10 Å². The molecule has 1 aromatic rings. The minimum Gasteiger partial charge on any atom is -0.326 e. The Morgan fingerprint density at radius 3 is 2.93 bits per heavy atom. The van der Waals surface area contributed by atoms with Crippen LogP contribution in [0.2, 0.25) is 0 Å². The third kappa shape index (κ3) is 1.72. The zero-order valence-electron chi connectivity index (χ0n) is 8.15. The number of nitrogens with two attached hydrogens (primary N) is 1. The van der Waals surface area contributed by atoms with Gasteiger partial charge < -0.3 is 5.73 Å². The topological polar surface area (TPSA) is 76.7 Å². The van der Waals surface area contributed by atoms with Crippen LogP contribution in [-0.4, -0.2) is 20.8 Å². The van der Waals surface area contributed by atoms with E-state index in [4.69, 9.17) is 5.73 Å². The Kier molecular flexibility index (Phi) is 2.67. The van der Waals surface area contributed by atoms with Gasteiger partial charge in [0.25, 0.3) is 0 Å². The molecule has 0 spiro atoms. The van der Waals surface area contributed by atoms with Gasteiger partial charge in [-0.25, -0.2) is 9.89 Å². The fourth-order valence-corrected chi connectivity index (χ4v) is 2.15. The maximum atomic E-state index is 11.4. The van der Waals surface area contributed by atoms with Gasteiger partial charge in [0.2, 0.25) is 0 Å². The number of hydrogen-bond donors (Lipinski definition) is 2. The molecule has 14 heavy (non-hydrogen) atoms. The average molecular weight is 196 g/mol. The number of H-pyrrole nitrogens is 1. The van der Waals surface area contributed by atoms with Crippen molar-refractivity contribution in [2.45, 2.75) is 44.2 Å². The lowest BCUT2D eigenvalue weighted by molar-refractivity contribution is 0.379. The highest BCUT2D eigenvalue weighted by Crippen LogP contribution is 2.24. The van der Waals surface area contributed by atoms with E-state index in [1.165, 1.54) is 12.8 Å². The summed E-state index contributed by atoms with van der Waals surface area (Å²) in [4.78, 5) is 11.4. The molecule has 0 aromatic carbocycles. The van der Waals surface area contributed by atoms with E-state index in [-0.39, 0.29) is 17.8 Å². The van der Waals surface area contributed by atoms with E-state index in [2.05, 4.69) is 10.2 Å².